The Kier molecular flexibility index (Phi) is 6.27. The average molecular weight is 245 g/mol. The molecule has 0 saturated carbocycles. The summed E-state index contributed by atoms with van der Waals surface area (Å²) in [5.41, 5.74) is -0.643. The average Bonchev–Trinajstić information content (AvgIpc) is 2.20. The third-order valence-corrected chi connectivity index (χ3v) is 1.50. The van der Waals surface area contributed by atoms with E-state index >= 15 is 0 Å². The van der Waals surface area contributed by atoms with E-state index in [9.17, 15) is 9.59 Å². The van der Waals surface area contributed by atoms with Crippen LogP contribution in [0.2, 0.25) is 0 Å². The molecule has 6 nitrogen and oxygen atoms in total. The van der Waals surface area contributed by atoms with Gasteiger partial charge < -0.3 is 14.2 Å². The second-order valence-corrected chi connectivity index (χ2v) is 4.19. The minimum atomic E-state index is -0.717. The van der Waals surface area contributed by atoms with E-state index in [1.54, 1.807) is 20.8 Å². The van der Waals surface area contributed by atoms with E-state index in [-0.39, 0.29) is 12.3 Å². The van der Waals surface area contributed by atoms with Crippen LogP contribution in [0.1, 0.15) is 20.8 Å². The molecule has 0 spiro atoms. The smallest absolute Gasteiger partial charge is 0.412 e. The van der Waals surface area contributed by atoms with Crippen LogP contribution < -0.4 is 5.32 Å². The Morgan fingerprint density at radius 3 is 2.24 bits per heavy atom. The minimum Gasteiger partial charge on any atom is -0.464 e. The Morgan fingerprint density at radius 2 is 1.82 bits per heavy atom. The molecule has 6 heteroatoms. The number of hydrogen-bond acceptors (Lipinski definition) is 5. The highest BCUT2D eigenvalue weighted by atomic mass is 16.6. The number of alkyl carbamates (subject to hydrolysis) is 1. The van der Waals surface area contributed by atoms with Crippen LogP contribution in [-0.4, -0.2) is 38.5 Å². The van der Waals surface area contributed by atoms with Crippen molar-refractivity contribution in [2.45, 2.75) is 26.4 Å². The van der Waals surface area contributed by atoms with Crippen molar-refractivity contribution in [3.8, 4) is 0 Å². The summed E-state index contributed by atoms with van der Waals surface area (Å²) in [6.07, 6.45) is 0.681. The van der Waals surface area contributed by atoms with Crippen LogP contribution in [0.15, 0.2) is 11.8 Å². The molecule has 0 aliphatic carbocycles. The first kappa shape index (κ1) is 15.4. The summed E-state index contributed by atoms with van der Waals surface area (Å²) >= 11 is 0. The second kappa shape index (κ2) is 6.90. The van der Waals surface area contributed by atoms with Gasteiger partial charge in [-0.15, -0.1) is 0 Å². The van der Waals surface area contributed by atoms with E-state index in [4.69, 9.17) is 9.47 Å². The summed E-state index contributed by atoms with van der Waals surface area (Å²) < 4.78 is 14.3. The third kappa shape index (κ3) is 7.35. The first-order chi connectivity index (χ1) is 7.80. The molecule has 17 heavy (non-hydrogen) atoms. The quantitative estimate of drug-likeness (QED) is 0.595. The van der Waals surface area contributed by atoms with Gasteiger partial charge in [0.05, 0.1) is 13.7 Å². The van der Waals surface area contributed by atoms with Crippen LogP contribution in [0.5, 0.6) is 0 Å². The molecule has 1 amide bonds. The molecule has 0 radical (unpaired) electrons. The van der Waals surface area contributed by atoms with Gasteiger partial charge in [0.15, 0.2) is 0 Å². The zero-order valence-electron chi connectivity index (χ0n) is 10.8. The van der Waals surface area contributed by atoms with Crippen molar-refractivity contribution >= 4 is 12.1 Å². The van der Waals surface area contributed by atoms with Gasteiger partial charge in [0.2, 0.25) is 0 Å². The SMILES string of the molecule is COC/C=C(\NC(=O)OC(C)(C)C)C(=O)OC. The van der Waals surface area contributed by atoms with E-state index in [1.165, 1.54) is 20.3 Å². The highest BCUT2D eigenvalue weighted by Gasteiger charge is 2.19. The van der Waals surface area contributed by atoms with Crippen molar-refractivity contribution in [1.29, 1.82) is 0 Å². The largest absolute Gasteiger partial charge is 0.464 e. The topological polar surface area (TPSA) is 73.9 Å². The van der Waals surface area contributed by atoms with Crippen molar-refractivity contribution < 1.29 is 23.8 Å². The predicted octanol–water partition coefficient (Wildman–Crippen LogP) is 1.21. The van der Waals surface area contributed by atoms with Crippen molar-refractivity contribution in [2.75, 3.05) is 20.8 Å². The molecule has 98 valence electrons. The molecule has 0 aromatic carbocycles. The second-order valence-electron chi connectivity index (χ2n) is 4.19. The summed E-state index contributed by atoms with van der Waals surface area (Å²) in [5.74, 6) is -0.659. The van der Waals surface area contributed by atoms with Gasteiger partial charge in [-0.3, -0.25) is 5.32 Å². The lowest BCUT2D eigenvalue weighted by atomic mass is 10.2. The number of hydrogen-bond donors (Lipinski definition) is 1. The molecular formula is C11H19NO5. The molecule has 0 heterocycles. The molecular weight excluding hydrogens is 226 g/mol. The highest BCUT2D eigenvalue weighted by Crippen LogP contribution is 2.07. The normalized spacial score (nSPS) is 11.9. The fraction of sp³-hybridized carbons (Fsp3) is 0.636. The monoisotopic (exact) mass is 245 g/mol. The van der Waals surface area contributed by atoms with Gasteiger partial charge in [-0.1, -0.05) is 0 Å². The Hall–Kier alpha value is -1.56. The van der Waals surface area contributed by atoms with Crippen molar-refractivity contribution in [3.63, 3.8) is 0 Å². The zero-order chi connectivity index (χ0) is 13.5. The molecule has 0 unspecified atom stereocenters. The molecule has 0 atom stereocenters. The van der Waals surface area contributed by atoms with Gasteiger partial charge in [-0.05, 0) is 26.8 Å². The molecule has 0 aromatic heterocycles. The maximum absolute atomic E-state index is 11.4. The van der Waals surface area contributed by atoms with Gasteiger partial charge >= 0.3 is 12.1 Å². The molecule has 0 aliphatic heterocycles. The Balaban J connectivity index is 4.54. The minimum absolute atomic E-state index is 0.0106. The Morgan fingerprint density at radius 1 is 1.24 bits per heavy atom. The molecule has 0 fully saturated rings. The molecule has 1 N–H and O–H groups in total. The summed E-state index contributed by atoms with van der Waals surface area (Å²) in [5, 5.41) is 2.30. The molecule has 0 aromatic rings. The first-order valence-corrected chi connectivity index (χ1v) is 5.07. The van der Waals surface area contributed by atoms with E-state index in [1.807, 2.05) is 0 Å². The van der Waals surface area contributed by atoms with Gasteiger partial charge in [0.1, 0.15) is 11.3 Å². The number of ether oxygens (including phenoxy) is 3. The summed E-state index contributed by atoms with van der Waals surface area (Å²) in [6, 6.07) is 0. The molecule has 0 rings (SSSR count). The highest BCUT2D eigenvalue weighted by molar-refractivity contribution is 5.92. The van der Waals surface area contributed by atoms with E-state index in [0.29, 0.717) is 0 Å². The number of esters is 1. The lowest BCUT2D eigenvalue weighted by Crippen LogP contribution is -2.34. The number of carbonyl (C=O) groups excluding carboxylic acids is 2. The van der Waals surface area contributed by atoms with Crippen LogP contribution in [0.25, 0.3) is 0 Å². The lowest BCUT2D eigenvalue weighted by molar-refractivity contribution is -0.136. The number of rotatable bonds is 4. The fourth-order valence-corrected chi connectivity index (χ4v) is 0.876. The molecule has 0 aliphatic rings. The van der Waals surface area contributed by atoms with E-state index < -0.39 is 17.7 Å². The standard InChI is InChI=1S/C11H19NO5/c1-11(2,3)17-10(14)12-8(6-7-15-4)9(13)16-5/h6H,7H2,1-5H3,(H,12,14)/b8-6-. The number of amides is 1. The number of carbonyl (C=O) groups is 2. The predicted molar refractivity (Wildman–Crippen MR) is 61.3 cm³/mol. The summed E-state index contributed by atoms with van der Waals surface area (Å²) in [6.45, 7) is 5.36. The van der Waals surface area contributed by atoms with Crippen LogP contribution in [0.3, 0.4) is 0 Å². The Bertz CT molecular complexity index is 303. The maximum atomic E-state index is 11.4. The summed E-state index contributed by atoms with van der Waals surface area (Å²) in [4.78, 5) is 22.7. The van der Waals surface area contributed by atoms with Crippen LogP contribution in [-0.2, 0) is 19.0 Å². The Labute approximate surface area is 101 Å². The van der Waals surface area contributed by atoms with Crippen molar-refractivity contribution in [3.05, 3.63) is 11.8 Å². The van der Waals surface area contributed by atoms with Gasteiger partial charge in [-0.2, -0.15) is 0 Å². The first-order valence-electron chi connectivity index (χ1n) is 5.07. The van der Waals surface area contributed by atoms with Gasteiger partial charge in [-0.25, -0.2) is 9.59 Å². The zero-order valence-corrected chi connectivity index (χ0v) is 10.8. The van der Waals surface area contributed by atoms with E-state index in [0.717, 1.165) is 0 Å². The van der Waals surface area contributed by atoms with Crippen LogP contribution in [0.4, 0.5) is 4.79 Å². The van der Waals surface area contributed by atoms with Crippen molar-refractivity contribution in [1.82, 2.24) is 5.32 Å². The maximum Gasteiger partial charge on any atom is 0.412 e. The van der Waals surface area contributed by atoms with Crippen LogP contribution in [0, 0.1) is 0 Å². The molecule has 0 saturated heterocycles. The third-order valence-electron chi connectivity index (χ3n) is 1.50. The van der Waals surface area contributed by atoms with Crippen LogP contribution >= 0.6 is 0 Å². The lowest BCUT2D eigenvalue weighted by Gasteiger charge is -2.20. The number of nitrogens with one attached hydrogen (secondary N) is 1. The van der Waals surface area contributed by atoms with Gasteiger partial charge in [0, 0.05) is 7.11 Å². The van der Waals surface area contributed by atoms with Crippen molar-refractivity contribution in [2.24, 2.45) is 0 Å². The van der Waals surface area contributed by atoms with Gasteiger partial charge in [0.25, 0.3) is 0 Å². The molecule has 0 bridgehead atoms. The van der Waals surface area contributed by atoms with E-state index in [2.05, 4.69) is 10.1 Å². The number of methoxy groups -OCH3 is 2. The fourth-order valence-electron chi connectivity index (χ4n) is 0.876. The summed E-state index contributed by atoms with van der Waals surface area (Å²) in [7, 11) is 2.69.